The van der Waals surface area contributed by atoms with E-state index < -0.39 is 10.0 Å². The Labute approximate surface area is 140 Å². The first-order valence-electron chi connectivity index (χ1n) is 7.58. The molecule has 1 aliphatic rings. The smallest absolute Gasteiger partial charge is 0.289 e. The Bertz CT molecular complexity index is 869. The van der Waals surface area contributed by atoms with Crippen molar-refractivity contribution in [2.75, 3.05) is 20.1 Å². The highest BCUT2D eigenvalue weighted by atomic mass is 32.2. The topological polar surface area (TPSA) is 79.6 Å². The van der Waals surface area contributed by atoms with E-state index in [1.54, 1.807) is 4.90 Å². The maximum Gasteiger partial charge on any atom is 0.289 e. The van der Waals surface area contributed by atoms with Crippen molar-refractivity contribution in [3.8, 4) is 0 Å². The van der Waals surface area contributed by atoms with E-state index in [0.29, 0.717) is 13.1 Å². The van der Waals surface area contributed by atoms with Gasteiger partial charge in [-0.1, -0.05) is 36.4 Å². The molecule has 0 saturated carbocycles. The number of nitrogens with zero attached hydrogens (tertiary/aromatic N) is 1. The molecule has 2 heterocycles. The van der Waals surface area contributed by atoms with Gasteiger partial charge in [-0.25, -0.2) is 13.1 Å². The molecule has 1 amide bonds. The molecule has 0 bridgehead atoms. The van der Waals surface area contributed by atoms with Crippen LogP contribution in [0.25, 0.3) is 5.57 Å². The Morgan fingerprint density at radius 1 is 1.17 bits per heavy atom. The highest BCUT2D eigenvalue weighted by molar-refractivity contribution is 7.89. The minimum Gasteiger partial charge on any atom is -0.438 e. The average molecular weight is 346 g/mol. The van der Waals surface area contributed by atoms with Crippen molar-refractivity contribution in [1.82, 2.24) is 9.62 Å². The van der Waals surface area contributed by atoms with Crippen LogP contribution in [0.1, 0.15) is 22.5 Å². The van der Waals surface area contributed by atoms with Crippen molar-refractivity contribution in [1.29, 1.82) is 0 Å². The molecule has 1 aromatic heterocycles. The maximum absolute atomic E-state index is 12.5. The molecule has 0 fully saturated rings. The molecule has 0 unspecified atom stereocenters. The van der Waals surface area contributed by atoms with Crippen LogP contribution >= 0.6 is 0 Å². The molecule has 0 spiro atoms. The van der Waals surface area contributed by atoms with Crippen LogP contribution in [-0.4, -0.2) is 39.4 Å². The number of hydrogen-bond acceptors (Lipinski definition) is 4. The van der Waals surface area contributed by atoms with Crippen molar-refractivity contribution in [3.63, 3.8) is 0 Å². The second-order valence-electron chi connectivity index (χ2n) is 5.42. The number of sulfonamides is 1. The lowest BCUT2D eigenvalue weighted by Gasteiger charge is -2.25. The summed E-state index contributed by atoms with van der Waals surface area (Å²) in [4.78, 5) is 14.1. The van der Waals surface area contributed by atoms with Crippen LogP contribution in [0.15, 0.2) is 58.1 Å². The number of rotatable bonds is 4. The number of furan rings is 1. The van der Waals surface area contributed by atoms with Crippen molar-refractivity contribution < 1.29 is 17.6 Å². The van der Waals surface area contributed by atoms with Gasteiger partial charge in [0.2, 0.25) is 5.09 Å². The normalized spacial score (nSPS) is 15.2. The number of nitrogens with one attached hydrogen (secondary N) is 1. The summed E-state index contributed by atoms with van der Waals surface area (Å²) >= 11 is 0. The van der Waals surface area contributed by atoms with Gasteiger partial charge in [0.25, 0.3) is 15.9 Å². The third-order valence-electron chi connectivity index (χ3n) is 3.97. The van der Waals surface area contributed by atoms with Crippen LogP contribution in [0.3, 0.4) is 0 Å². The monoisotopic (exact) mass is 346 g/mol. The first-order valence-corrected chi connectivity index (χ1v) is 9.07. The minimum atomic E-state index is -3.69. The summed E-state index contributed by atoms with van der Waals surface area (Å²) in [6, 6.07) is 12.7. The molecule has 0 radical (unpaired) electrons. The number of carbonyl (C=O) groups is 1. The summed E-state index contributed by atoms with van der Waals surface area (Å²) in [7, 11) is -2.39. The van der Waals surface area contributed by atoms with Gasteiger partial charge in [-0.15, -0.1) is 0 Å². The molecule has 1 N–H and O–H groups in total. The molecule has 0 saturated heterocycles. The number of amides is 1. The van der Waals surface area contributed by atoms with Gasteiger partial charge in [-0.3, -0.25) is 4.79 Å². The lowest BCUT2D eigenvalue weighted by molar-refractivity contribution is 0.0735. The van der Waals surface area contributed by atoms with Gasteiger partial charge in [0, 0.05) is 13.1 Å². The van der Waals surface area contributed by atoms with Crippen LogP contribution in [0.5, 0.6) is 0 Å². The fourth-order valence-electron chi connectivity index (χ4n) is 2.60. The third kappa shape index (κ3) is 3.27. The fraction of sp³-hybridized carbons (Fsp3) is 0.235. The van der Waals surface area contributed by atoms with Crippen molar-refractivity contribution >= 4 is 21.5 Å². The first-order chi connectivity index (χ1) is 11.5. The van der Waals surface area contributed by atoms with Gasteiger partial charge in [0.1, 0.15) is 0 Å². The standard InChI is InChI=1S/C17H18N2O4S/c1-18-24(21,22)16-8-7-15(23-16)17(20)19-11-9-14(10-12-19)13-5-3-2-4-6-13/h2-9,18H,10-12H2,1H3. The van der Waals surface area contributed by atoms with Gasteiger partial charge >= 0.3 is 0 Å². The highest BCUT2D eigenvalue weighted by Crippen LogP contribution is 2.23. The van der Waals surface area contributed by atoms with Crippen LogP contribution in [0.4, 0.5) is 0 Å². The van der Waals surface area contributed by atoms with Gasteiger partial charge in [0.05, 0.1) is 0 Å². The highest BCUT2D eigenvalue weighted by Gasteiger charge is 2.24. The Balaban J connectivity index is 1.73. The summed E-state index contributed by atoms with van der Waals surface area (Å²) in [6.07, 6.45) is 2.77. The maximum atomic E-state index is 12.5. The van der Waals surface area contributed by atoms with Gasteiger partial charge < -0.3 is 9.32 Å². The molecule has 1 aliphatic heterocycles. The minimum absolute atomic E-state index is 0.0281. The van der Waals surface area contributed by atoms with E-state index in [-0.39, 0.29) is 16.8 Å². The molecule has 1 aromatic carbocycles. The van der Waals surface area contributed by atoms with Crippen molar-refractivity contribution in [2.45, 2.75) is 11.5 Å². The molecule has 24 heavy (non-hydrogen) atoms. The molecule has 7 heteroatoms. The number of benzene rings is 1. The molecule has 0 aliphatic carbocycles. The molecule has 6 nitrogen and oxygen atoms in total. The van der Waals surface area contributed by atoms with Crippen molar-refractivity contribution in [3.05, 3.63) is 59.9 Å². The molecular formula is C17H18N2O4S. The van der Waals surface area contributed by atoms with E-state index in [0.717, 1.165) is 12.0 Å². The predicted molar refractivity (Wildman–Crippen MR) is 89.9 cm³/mol. The molecule has 126 valence electrons. The Hall–Kier alpha value is -2.38. The van der Waals surface area contributed by atoms with Crippen LogP contribution in [0.2, 0.25) is 0 Å². The van der Waals surface area contributed by atoms with E-state index in [9.17, 15) is 13.2 Å². The van der Waals surface area contributed by atoms with E-state index in [2.05, 4.69) is 4.72 Å². The van der Waals surface area contributed by atoms with Gasteiger partial charge in [-0.05, 0) is 36.7 Å². The van der Waals surface area contributed by atoms with Crippen LogP contribution in [0, 0.1) is 0 Å². The Morgan fingerprint density at radius 2 is 1.92 bits per heavy atom. The first kappa shape index (κ1) is 16.5. The van der Waals surface area contributed by atoms with Crippen molar-refractivity contribution in [2.24, 2.45) is 0 Å². The summed E-state index contributed by atoms with van der Waals surface area (Å²) in [5.74, 6) is -0.281. The molecular weight excluding hydrogens is 328 g/mol. The Kier molecular flexibility index (Phi) is 4.55. The summed E-state index contributed by atoms with van der Waals surface area (Å²) in [6.45, 7) is 1.03. The second-order valence-corrected chi connectivity index (χ2v) is 7.24. The largest absolute Gasteiger partial charge is 0.438 e. The zero-order chi connectivity index (χ0) is 17.2. The SMILES string of the molecule is CNS(=O)(=O)c1ccc(C(=O)N2CC=C(c3ccccc3)CC2)o1. The fourth-order valence-corrected chi connectivity index (χ4v) is 3.25. The zero-order valence-corrected chi connectivity index (χ0v) is 14.0. The van der Waals surface area contributed by atoms with E-state index in [4.69, 9.17) is 4.42 Å². The summed E-state index contributed by atoms with van der Waals surface area (Å²) in [5, 5.41) is -0.258. The number of hydrogen-bond donors (Lipinski definition) is 1. The van der Waals surface area contributed by atoms with E-state index in [1.165, 1.54) is 24.8 Å². The van der Waals surface area contributed by atoms with E-state index >= 15 is 0 Å². The van der Waals surface area contributed by atoms with Crippen LogP contribution < -0.4 is 4.72 Å². The van der Waals surface area contributed by atoms with E-state index in [1.807, 2.05) is 36.4 Å². The number of carbonyl (C=O) groups excluding carboxylic acids is 1. The quantitative estimate of drug-likeness (QED) is 0.920. The average Bonchev–Trinajstić information content (AvgIpc) is 3.13. The lowest BCUT2D eigenvalue weighted by atomic mass is 9.99. The molecule has 0 atom stereocenters. The summed E-state index contributed by atoms with van der Waals surface area (Å²) < 4.78 is 30.7. The molecule has 3 rings (SSSR count). The van der Waals surface area contributed by atoms with Crippen LogP contribution in [-0.2, 0) is 10.0 Å². The van der Waals surface area contributed by atoms with Gasteiger partial charge in [0.15, 0.2) is 5.76 Å². The lowest BCUT2D eigenvalue weighted by Crippen LogP contribution is -2.34. The zero-order valence-electron chi connectivity index (χ0n) is 13.2. The van der Waals surface area contributed by atoms with Gasteiger partial charge in [-0.2, -0.15) is 0 Å². The molecule has 2 aromatic rings. The summed E-state index contributed by atoms with van der Waals surface area (Å²) in [5.41, 5.74) is 2.36. The Morgan fingerprint density at radius 3 is 2.54 bits per heavy atom. The third-order valence-corrected chi connectivity index (χ3v) is 5.25. The second kappa shape index (κ2) is 6.62. The predicted octanol–water partition coefficient (Wildman–Crippen LogP) is 2.12.